The molecule has 11 heavy (non-hydrogen) atoms. The van der Waals surface area contributed by atoms with Gasteiger partial charge in [0.1, 0.15) is 7.28 Å². The van der Waals surface area contributed by atoms with E-state index in [1.165, 1.54) is 33.0 Å². The minimum atomic E-state index is 0.766. The second kappa shape index (κ2) is 2.05. The minimum Gasteiger partial charge on any atom is -0.0666 e. The van der Waals surface area contributed by atoms with Crippen molar-refractivity contribution in [3.8, 4) is 0 Å². The fraction of sp³-hybridized carbons (Fsp3) is 1.00. The van der Waals surface area contributed by atoms with E-state index in [1.54, 1.807) is 0 Å². The fourth-order valence-corrected chi connectivity index (χ4v) is 3.57. The maximum absolute atomic E-state index is 2.48. The third kappa shape index (κ3) is 0.964. The molecule has 3 rings (SSSR count). The molecule has 1 saturated carbocycles. The van der Waals surface area contributed by atoms with Crippen molar-refractivity contribution in [1.29, 1.82) is 0 Å². The molecule has 0 amide bonds. The third-order valence-electron chi connectivity index (χ3n) is 4.24. The van der Waals surface area contributed by atoms with E-state index in [-0.39, 0.29) is 0 Å². The van der Waals surface area contributed by atoms with E-state index < -0.39 is 0 Å². The smallest absolute Gasteiger partial charge is 0.0666 e. The van der Waals surface area contributed by atoms with Gasteiger partial charge in [0, 0.05) is 0 Å². The van der Waals surface area contributed by atoms with Crippen LogP contribution in [0.4, 0.5) is 0 Å². The first-order valence-electron chi connectivity index (χ1n) is 5.06. The Balaban J connectivity index is 2.10. The first kappa shape index (κ1) is 7.70. The SMILES string of the molecule is CC(C)C12BC(C)(CCC1)C2. The Labute approximate surface area is 71.0 Å². The summed E-state index contributed by atoms with van der Waals surface area (Å²) in [6.45, 7) is 7.29. The van der Waals surface area contributed by atoms with Crippen molar-refractivity contribution in [3.63, 3.8) is 0 Å². The van der Waals surface area contributed by atoms with Gasteiger partial charge in [-0.05, 0) is 5.92 Å². The van der Waals surface area contributed by atoms with Crippen LogP contribution in [0.15, 0.2) is 0 Å². The van der Waals surface area contributed by atoms with Crippen LogP contribution in [-0.4, -0.2) is 7.28 Å². The normalized spacial score (nSPS) is 48.4. The Morgan fingerprint density at radius 1 is 1.27 bits per heavy atom. The van der Waals surface area contributed by atoms with Gasteiger partial charge in [-0.1, -0.05) is 57.1 Å². The topological polar surface area (TPSA) is 0 Å². The average molecular weight is 150 g/mol. The standard InChI is InChI=1S/C10H19B/c1-8(2)10-6-4-5-9(3,7-10)11-10/h8,11H,4-7H2,1-3H3. The fourth-order valence-electron chi connectivity index (χ4n) is 3.57. The number of hydrogen-bond acceptors (Lipinski definition) is 0. The highest BCUT2D eigenvalue weighted by Crippen LogP contribution is 2.69. The summed E-state index contributed by atoms with van der Waals surface area (Å²) in [4.78, 5) is 0. The predicted octanol–water partition coefficient (Wildman–Crippen LogP) is 3.00. The van der Waals surface area contributed by atoms with Crippen LogP contribution in [0.25, 0.3) is 0 Å². The van der Waals surface area contributed by atoms with Gasteiger partial charge in [0.15, 0.2) is 0 Å². The summed E-state index contributed by atoms with van der Waals surface area (Å²) in [6.07, 6.45) is 6.04. The molecule has 0 aromatic heterocycles. The van der Waals surface area contributed by atoms with Gasteiger partial charge < -0.3 is 0 Å². The zero-order valence-electron chi connectivity index (χ0n) is 8.11. The van der Waals surface area contributed by atoms with E-state index in [0.717, 1.165) is 16.5 Å². The zero-order valence-corrected chi connectivity index (χ0v) is 8.11. The minimum absolute atomic E-state index is 0.766. The maximum Gasteiger partial charge on any atom is 0.135 e. The quantitative estimate of drug-likeness (QED) is 0.504. The summed E-state index contributed by atoms with van der Waals surface area (Å²) in [7, 11) is 1.53. The lowest BCUT2D eigenvalue weighted by atomic mass is 9.19. The van der Waals surface area contributed by atoms with Crippen LogP contribution < -0.4 is 0 Å². The molecule has 2 unspecified atom stereocenters. The monoisotopic (exact) mass is 150 g/mol. The van der Waals surface area contributed by atoms with Crippen molar-refractivity contribution >= 4 is 7.28 Å². The molecule has 2 saturated heterocycles. The van der Waals surface area contributed by atoms with Gasteiger partial charge in [0.2, 0.25) is 0 Å². The Kier molecular flexibility index (Phi) is 1.44. The summed E-state index contributed by atoms with van der Waals surface area (Å²) in [6, 6.07) is 0. The highest BCUT2D eigenvalue weighted by molar-refractivity contribution is 6.49. The van der Waals surface area contributed by atoms with E-state index in [2.05, 4.69) is 20.8 Å². The molecule has 0 nitrogen and oxygen atoms in total. The van der Waals surface area contributed by atoms with Gasteiger partial charge in [-0.3, -0.25) is 0 Å². The lowest BCUT2D eigenvalue weighted by molar-refractivity contribution is 0.190. The molecule has 2 aliphatic heterocycles. The van der Waals surface area contributed by atoms with Gasteiger partial charge in [-0.15, -0.1) is 0 Å². The van der Waals surface area contributed by atoms with E-state index in [9.17, 15) is 0 Å². The van der Waals surface area contributed by atoms with Crippen LogP contribution in [0.2, 0.25) is 10.6 Å². The molecule has 0 N–H and O–H groups in total. The van der Waals surface area contributed by atoms with Crippen molar-refractivity contribution in [2.75, 3.05) is 0 Å². The molecule has 0 spiro atoms. The molecule has 62 valence electrons. The van der Waals surface area contributed by atoms with E-state index >= 15 is 0 Å². The molecule has 0 aromatic carbocycles. The summed E-state index contributed by atoms with van der Waals surface area (Å²) in [5, 5.41) is 1.55. The highest BCUT2D eigenvalue weighted by atomic mass is 14.5. The summed E-state index contributed by atoms with van der Waals surface area (Å²) in [5.74, 6) is 0.927. The van der Waals surface area contributed by atoms with Gasteiger partial charge in [-0.2, -0.15) is 0 Å². The third-order valence-corrected chi connectivity index (χ3v) is 4.24. The summed E-state index contributed by atoms with van der Waals surface area (Å²) >= 11 is 0. The highest BCUT2D eigenvalue weighted by Gasteiger charge is 2.56. The second-order valence-corrected chi connectivity index (χ2v) is 5.53. The molecule has 0 aromatic rings. The van der Waals surface area contributed by atoms with Crippen LogP contribution in [0.3, 0.4) is 0 Å². The van der Waals surface area contributed by atoms with Gasteiger partial charge >= 0.3 is 0 Å². The molecule has 0 radical (unpaired) electrons. The summed E-state index contributed by atoms with van der Waals surface area (Å²) in [5.41, 5.74) is 0. The van der Waals surface area contributed by atoms with Crippen molar-refractivity contribution in [2.24, 2.45) is 5.92 Å². The maximum atomic E-state index is 2.48. The largest absolute Gasteiger partial charge is 0.135 e. The van der Waals surface area contributed by atoms with Crippen LogP contribution in [0.5, 0.6) is 0 Å². The first-order chi connectivity index (χ1) is 5.06. The lowest BCUT2D eigenvalue weighted by Gasteiger charge is -2.61. The van der Waals surface area contributed by atoms with E-state index in [4.69, 9.17) is 0 Å². The van der Waals surface area contributed by atoms with E-state index in [0.29, 0.717) is 0 Å². The lowest BCUT2D eigenvalue weighted by Crippen LogP contribution is -2.50. The predicted molar refractivity (Wildman–Crippen MR) is 51.5 cm³/mol. The Morgan fingerprint density at radius 3 is 2.27 bits per heavy atom. The number of hydrogen-bond donors (Lipinski definition) is 0. The van der Waals surface area contributed by atoms with Crippen LogP contribution in [0, 0.1) is 5.92 Å². The van der Waals surface area contributed by atoms with Crippen molar-refractivity contribution in [3.05, 3.63) is 0 Å². The second-order valence-electron chi connectivity index (χ2n) is 5.53. The van der Waals surface area contributed by atoms with Gasteiger partial charge in [0.25, 0.3) is 0 Å². The number of fused-ring (bicyclic) bond motifs is 2. The molecule has 2 heterocycles. The number of rotatable bonds is 1. The Hall–Kier alpha value is 0.0649. The van der Waals surface area contributed by atoms with Crippen molar-refractivity contribution in [1.82, 2.24) is 0 Å². The molecule has 1 heteroatoms. The molecule has 3 aliphatic rings. The van der Waals surface area contributed by atoms with Gasteiger partial charge in [-0.25, -0.2) is 0 Å². The zero-order chi connectivity index (χ0) is 8.11. The summed E-state index contributed by atoms with van der Waals surface area (Å²) < 4.78 is 0. The Bertz CT molecular complexity index is 166. The van der Waals surface area contributed by atoms with Crippen LogP contribution in [0.1, 0.15) is 46.5 Å². The van der Waals surface area contributed by atoms with Crippen molar-refractivity contribution < 1.29 is 0 Å². The molecule has 1 aliphatic carbocycles. The molecular weight excluding hydrogens is 131 g/mol. The average Bonchev–Trinajstić information content (AvgIpc) is 1.85. The van der Waals surface area contributed by atoms with Gasteiger partial charge in [0.05, 0.1) is 0 Å². The molecule has 3 fully saturated rings. The first-order valence-corrected chi connectivity index (χ1v) is 5.06. The van der Waals surface area contributed by atoms with Crippen molar-refractivity contribution in [2.45, 2.75) is 57.1 Å². The van der Waals surface area contributed by atoms with Crippen LogP contribution >= 0.6 is 0 Å². The molecule has 2 atom stereocenters. The molecular formula is C10H19B. The van der Waals surface area contributed by atoms with Crippen LogP contribution in [-0.2, 0) is 0 Å². The molecule has 2 bridgehead atoms. The Morgan fingerprint density at radius 2 is 1.91 bits per heavy atom. The van der Waals surface area contributed by atoms with E-state index in [1.807, 2.05) is 0 Å².